The highest BCUT2D eigenvalue weighted by Crippen LogP contribution is 2.40. The van der Waals surface area contributed by atoms with Crippen LogP contribution in [0.2, 0.25) is 0 Å². The molecule has 5 rings (SSSR count). The molecule has 144 valence electrons. The first-order valence-corrected chi connectivity index (χ1v) is 10.1. The molecule has 0 fully saturated rings. The smallest absolute Gasteiger partial charge is 0.251 e. The van der Waals surface area contributed by atoms with Crippen molar-refractivity contribution in [3.63, 3.8) is 0 Å². The molecule has 6 heteroatoms. The van der Waals surface area contributed by atoms with Crippen molar-refractivity contribution in [2.24, 2.45) is 4.99 Å². The number of benzene rings is 3. The van der Waals surface area contributed by atoms with Crippen molar-refractivity contribution >= 4 is 29.1 Å². The lowest BCUT2D eigenvalue weighted by atomic mass is 10.1. The molecule has 0 saturated carbocycles. The van der Waals surface area contributed by atoms with Gasteiger partial charge in [0.15, 0.2) is 11.5 Å². The van der Waals surface area contributed by atoms with Crippen LogP contribution in [0.15, 0.2) is 75.4 Å². The van der Waals surface area contributed by atoms with Crippen molar-refractivity contribution in [2.45, 2.75) is 23.3 Å². The molecule has 5 nitrogen and oxygen atoms in total. The van der Waals surface area contributed by atoms with Gasteiger partial charge in [-0.15, -0.1) is 0 Å². The first-order chi connectivity index (χ1) is 14.2. The van der Waals surface area contributed by atoms with Crippen LogP contribution >= 0.6 is 11.8 Å². The molecule has 0 aliphatic carbocycles. The van der Waals surface area contributed by atoms with Gasteiger partial charge in [-0.25, -0.2) is 0 Å². The van der Waals surface area contributed by atoms with Gasteiger partial charge in [0.2, 0.25) is 6.79 Å². The lowest BCUT2D eigenvalue weighted by Gasteiger charge is -2.09. The molecule has 0 atom stereocenters. The van der Waals surface area contributed by atoms with E-state index in [1.54, 1.807) is 11.8 Å². The van der Waals surface area contributed by atoms with E-state index >= 15 is 0 Å². The van der Waals surface area contributed by atoms with E-state index in [0.29, 0.717) is 17.9 Å². The van der Waals surface area contributed by atoms with Crippen molar-refractivity contribution in [3.8, 4) is 11.5 Å². The molecule has 1 N–H and O–H groups in total. The van der Waals surface area contributed by atoms with E-state index < -0.39 is 0 Å². The quantitative estimate of drug-likeness (QED) is 0.673. The predicted octanol–water partition coefficient (Wildman–Crippen LogP) is 4.95. The van der Waals surface area contributed by atoms with Crippen molar-refractivity contribution in [3.05, 3.63) is 77.4 Å². The first kappa shape index (κ1) is 17.8. The second-order valence-corrected chi connectivity index (χ2v) is 7.93. The lowest BCUT2D eigenvalue weighted by molar-refractivity contribution is 0.0951. The number of rotatable bonds is 3. The SMILES string of the molecule is CC1=Nc2cc(C(=O)NCc3ccc4c(c3)OCO4)ccc2Sc2ccccc21. The number of amides is 1. The van der Waals surface area contributed by atoms with Crippen molar-refractivity contribution in [2.75, 3.05) is 6.79 Å². The highest BCUT2D eigenvalue weighted by molar-refractivity contribution is 7.99. The number of nitrogens with one attached hydrogen (secondary N) is 1. The average Bonchev–Trinajstić information content (AvgIpc) is 3.15. The van der Waals surface area contributed by atoms with Gasteiger partial charge in [0.1, 0.15) is 0 Å². The van der Waals surface area contributed by atoms with Crippen molar-refractivity contribution in [1.29, 1.82) is 0 Å². The van der Waals surface area contributed by atoms with Crippen molar-refractivity contribution < 1.29 is 14.3 Å². The Kier molecular flexibility index (Phi) is 4.48. The zero-order chi connectivity index (χ0) is 19.8. The van der Waals surface area contributed by atoms with Gasteiger partial charge >= 0.3 is 0 Å². The van der Waals surface area contributed by atoms with Gasteiger partial charge in [0.05, 0.1) is 5.69 Å². The molecular formula is C23H18N2O3S. The lowest BCUT2D eigenvalue weighted by Crippen LogP contribution is -2.22. The first-order valence-electron chi connectivity index (χ1n) is 9.31. The summed E-state index contributed by atoms with van der Waals surface area (Å²) in [5.74, 6) is 1.31. The van der Waals surface area contributed by atoms with Gasteiger partial charge in [-0.1, -0.05) is 36.0 Å². The standard InChI is InChI=1S/C23H18N2O3S/c1-14-17-4-2-3-5-21(17)29-22-9-7-16(11-18(22)25-14)23(26)24-12-15-6-8-19-20(10-15)28-13-27-19/h2-11H,12-13H2,1H3,(H,24,26). The Morgan fingerprint density at radius 2 is 1.90 bits per heavy atom. The molecule has 1 amide bonds. The molecule has 2 aliphatic rings. The van der Waals surface area contributed by atoms with Gasteiger partial charge in [0, 0.05) is 33.2 Å². The molecule has 2 aliphatic heterocycles. The van der Waals surface area contributed by atoms with E-state index in [1.165, 1.54) is 4.90 Å². The van der Waals surface area contributed by atoms with Gasteiger partial charge in [-0.3, -0.25) is 9.79 Å². The molecule has 0 saturated heterocycles. The van der Waals surface area contributed by atoms with Crippen molar-refractivity contribution in [1.82, 2.24) is 5.32 Å². The topological polar surface area (TPSA) is 59.9 Å². The number of carbonyl (C=O) groups excluding carboxylic acids is 1. The van der Waals surface area contributed by atoms with Gasteiger partial charge in [-0.05, 0) is 48.9 Å². The van der Waals surface area contributed by atoms with E-state index in [9.17, 15) is 4.79 Å². The van der Waals surface area contributed by atoms with Gasteiger partial charge in [0.25, 0.3) is 5.91 Å². The summed E-state index contributed by atoms with van der Waals surface area (Å²) in [6, 6.07) is 19.6. The molecule has 0 aromatic heterocycles. The minimum atomic E-state index is -0.134. The number of fused-ring (bicyclic) bond motifs is 3. The zero-order valence-corrected chi connectivity index (χ0v) is 16.6. The van der Waals surface area contributed by atoms with E-state index in [2.05, 4.69) is 17.4 Å². The van der Waals surface area contributed by atoms with Crippen LogP contribution in [-0.2, 0) is 6.54 Å². The fraction of sp³-hybridized carbons (Fsp3) is 0.130. The Balaban J connectivity index is 1.35. The molecule has 3 aromatic rings. The summed E-state index contributed by atoms with van der Waals surface area (Å²) < 4.78 is 10.7. The number of nitrogens with zero attached hydrogens (tertiary/aromatic N) is 1. The van der Waals surface area contributed by atoms with E-state index in [-0.39, 0.29) is 12.7 Å². The second kappa shape index (κ2) is 7.29. The normalized spacial score (nSPS) is 13.8. The number of carbonyl (C=O) groups is 1. The minimum absolute atomic E-state index is 0.134. The third kappa shape index (κ3) is 3.47. The van der Waals surface area contributed by atoms with Crippen LogP contribution in [-0.4, -0.2) is 18.4 Å². The molecule has 2 heterocycles. The Labute approximate surface area is 172 Å². The largest absolute Gasteiger partial charge is 0.454 e. The van der Waals surface area contributed by atoms with Crippen LogP contribution in [0, 0.1) is 0 Å². The van der Waals surface area contributed by atoms with Crippen LogP contribution in [0.1, 0.15) is 28.4 Å². The summed E-state index contributed by atoms with van der Waals surface area (Å²) >= 11 is 1.68. The number of aliphatic imine (C=N–C) groups is 1. The molecule has 0 spiro atoms. The molecule has 0 unspecified atom stereocenters. The summed E-state index contributed by atoms with van der Waals surface area (Å²) in [5, 5.41) is 2.97. The maximum absolute atomic E-state index is 12.7. The number of ether oxygens (including phenoxy) is 2. The Bertz CT molecular complexity index is 1160. The van der Waals surface area contributed by atoms with Crippen LogP contribution in [0.4, 0.5) is 5.69 Å². The molecule has 0 radical (unpaired) electrons. The Morgan fingerprint density at radius 1 is 1.03 bits per heavy atom. The zero-order valence-electron chi connectivity index (χ0n) is 15.8. The number of hydrogen-bond donors (Lipinski definition) is 1. The van der Waals surface area contributed by atoms with Gasteiger partial charge < -0.3 is 14.8 Å². The predicted molar refractivity (Wildman–Crippen MR) is 113 cm³/mol. The maximum atomic E-state index is 12.7. The molecule has 29 heavy (non-hydrogen) atoms. The average molecular weight is 402 g/mol. The highest BCUT2D eigenvalue weighted by Gasteiger charge is 2.17. The Morgan fingerprint density at radius 3 is 2.83 bits per heavy atom. The molecular weight excluding hydrogens is 384 g/mol. The molecule has 3 aromatic carbocycles. The van der Waals surface area contributed by atoms with Gasteiger partial charge in [-0.2, -0.15) is 0 Å². The van der Waals surface area contributed by atoms with E-state index in [0.717, 1.165) is 33.2 Å². The summed E-state index contributed by atoms with van der Waals surface area (Å²) in [6.45, 7) is 2.65. The summed E-state index contributed by atoms with van der Waals surface area (Å²) in [5.41, 5.74) is 4.44. The molecule has 0 bridgehead atoms. The second-order valence-electron chi connectivity index (χ2n) is 6.85. The maximum Gasteiger partial charge on any atom is 0.251 e. The summed E-state index contributed by atoms with van der Waals surface area (Å²) in [7, 11) is 0. The van der Waals surface area contributed by atoms with Crippen LogP contribution in [0.5, 0.6) is 11.5 Å². The Hall–Kier alpha value is -3.25. The summed E-state index contributed by atoms with van der Waals surface area (Å²) in [4.78, 5) is 19.7. The van der Waals surface area contributed by atoms with Crippen LogP contribution < -0.4 is 14.8 Å². The van der Waals surface area contributed by atoms with Crippen LogP contribution in [0.25, 0.3) is 0 Å². The number of hydrogen-bond acceptors (Lipinski definition) is 5. The highest BCUT2D eigenvalue weighted by atomic mass is 32.2. The third-order valence-electron chi connectivity index (χ3n) is 4.90. The third-order valence-corrected chi connectivity index (χ3v) is 6.04. The van der Waals surface area contributed by atoms with Crippen LogP contribution in [0.3, 0.4) is 0 Å². The fourth-order valence-electron chi connectivity index (χ4n) is 3.38. The monoisotopic (exact) mass is 402 g/mol. The van der Waals surface area contributed by atoms with E-state index in [1.807, 2.05) is 55.5 Å². The minimum Gasteiger partial charge on any atom is -0.454 e. The summed E-state index contributed by atoms with van der Waals surface area (Å²) in [6.07, 6.45) is 0. The fourth-order valence-corrected chi connectivity index (χ4v) is 4.44. The van der Waals surface area contributed by atoms with E-state index in [4.69, 9.17) is 14.5 Å².